The molecule has 0 saturated carbocycles. The summed E-state index contributed by atoms with van der Waals surface area (Å²) < 4.78 is 0. The van der Waals surface area contributed by atoms with Crippen molar-refractivity contribution in [3.05, 3.63) is 36.2 Å². The Morgan fingerprint density at radius 1 is 1.40 bits per heavy atom. The molecule has 7 heteroatoms. The topological polar surface area (TPSA) is 95.0 Å². The highest BCUT2D eigenvalue weighted by molar-refractivity contribution is 5.85. The van der Waals surface area contributed by atoms with E-state index in [1.807, 2.05) is 4.90 Å². The molecular formula is C13H17N5O2. The van der Waals surface area contributed by atoms with Crippen LogP contribution < -0.4 is 4.90 Å². The average Bonchev–Trinajstić information content (AvgIpc) is 2.90. The second kappa shape index (κ2) is 6.14. The monoisotopic (exact) mass is 275 g/mol. The minimum atomic E-state index is -1.06. The number of nitrogens with one attached hydrogen (secondary N) is 1. The van der Waals surface area contributed by atoms with E-state index in [2.05, 4.69) is 33.8 Å². The van der Waals surface area contributed by atoms with Gasteiger partial charge in [-0.1, -0.05) is 13.8 Å². The molecule has 0 spiro atoms. The first-order valence-corrected chi connectivity index (χ1v) is 6.36. The SMILES string of the molecule is CC(C)CN(Cc1ncc[nH]1)c1nccc(C(=O)O)n1. The lowest BCUT2D eigenvalue weighted by molar-refractivity contribution is 0.0690. The molecule has 2 heterocycles. The molecule has 0 aliphatic rings. The quantitative estimate of drug-likeness (QED) is 0.830. The number of hydrogen-bond acceptors (Lipinski definition) is 5. The van der Waals surface area contributed by atoms with Crippen LogP contribution in [0.15, 0.2) is 24.7 Å². The first kappa shape index (κ1) is 14.0. The lowest BCUT2D eigenvalue weighted by atomic mass is 10.2. The second-order valence-electron chi connectivity index (χ2n) is 4.86. The number of carbonyl (C=O) groups is 1. The van der Waals surface area contributed by atoms with E-state index in [0.717, 1.165) is 5.82 Å². The summed E-state index contributed by atoms with van der Waals surface area (Å²) in [7, 11) is 0. The Balaban J connectivity index is 2.25. The van der Waals surface area contributed by atoms with E-state index in [4.69, 9.17) is 5.11 Å². The van der Waals surface area contributed by atoms with E-state index in [9.17, 15) is 4.79 Å². The molecule has 0 aliphatic heterocycles. The summed E-state index contributed by atoms with van der Waals surface area (Å²) in [5.74, 6) is 0.517. The Kier molecular flexibility index (Phi) is 4.29. The van der Waals surface area contributed by atoms with E-state index >= 15 is 0 Å². The van der Waals surface area contributed by atoms with Gasteiger partial charge in [0, 0.05) is 25.1 Å². The largest absolute Gasteiger partial charge is 0.477 e. The van der Waals surface area contributed by atoms with Gasteiger partial charge in [-0.25, -0.2) is 19.7 Å². The molecule has 0 atom stereocenters. The van der Waals surface area contributed by atoms with Crippen LogP contribution in [0.3, 0.4) is 0 Å². The van der Waals surface area contributed by atoms with Gasteiger partial charge in [-0.15, -0.1) is 0 Å². The highest BCUT2D eigenvalue weighted by Gasteiger charge is 2.15. The van der Waals surface area contributed by atoms with Crippen molar-refractivity contribution in [1.29, 1.82) is 0 Å². The third kappa shape index (κ3) is 3.53. The normalized spacial score (nSPS) is 10.8. The van der Waals surface area contributed by atoms with Crippen LogP contribution in [0.4, 0.5) is 5.95 Å². The summed E-state index contributed by atoms with van der Waals surface area (Å²) in [6.45, 7) is 5.38. The lowest BCUT2D eigenvalue weighted by Gasteiger charge is -2.23. The fourth-order valence-electron chi connectivity index (χ4n) is 1.84. The van der Waals surface area contributed by atoms with Crippen LogP contribution in [-0.2, 0) is 6.54 Å². The number of carboxylic acid groups (broad SMARTS) is 1. The molecular weight excluding hydrogens is 258 g/mol. The van der Waals surface area contributed by atoms with Crippen molar-refractivity contribution in [1.82, 2.24) is 19.9 Å². The molecule has 0 bridgehead atoms. The molecule has 7 nitrogen and oxygen atoms in total. The molecule has 2 N–H and O–H groups in total. The van der Waals surface area contributed by atoms with Crippen LogP contribution in [0.2, 0.25) is 0 Å². The number of hydrogen-bond donors (Lipinski definition) is 2. The maximum absolute atomic E-state index is 11.0. The molecule has 20 heavy (non-hydrogen) atoms. The van der Waals surface area contributed by atoms with Gasteiger partial charge in [-0.2, -0.15) is 0 Å². The van der Waals surface area contributed by atoms with Crippen molar-refractivity contribution in [2.75, 3.05) is 11.4 Å². The molecule has 2 rings (SSSR count). The van der Waals surface area contributed by atoms with E-state index in [0.29, 0.717) is 25.0 Å². The van der Waals surface area contributed by atoms with Crippen LogP contribution in [0.1, 0.15) is 30.2 Å². The van der Waals surface area contributed by atoms with Crippen LogP contribution in [0.25, 0.3) is 0 Å². The fourth-order valence-corrected chi connectivity index (χ4v) is 1.84. The highest BCUT2D eigenvalue weighted by atomic mass is 16.4. The lowest BCUT2D eigenvalue weighted by Crippen LogP contribution is -2.29. The fraction of sp³-hybridized carbons (Fsp3) is 0.385. The van der Waals surface area contributed by atoms with Crippen LogP contribution in [-0.4, -0.2) is 37.6 Å². The van der Waals surface area contributed by atoms with Gasteiger partial charge in [-0.3, -0.25) is 0 Å². The number of H-pyrrole nitrogens is 1. The molecule has 0 saturated heterocycles. The molecule has 0 fully saturated rings. The summed E-state index contributed by atoms with van der Waals surface area (Å²) in [4.78, 5) is 28.3. The molecule has 106 valence electrons. The number of carboxylic acids is 1. The summed E-state index contributed by atoms with van der Waals surface area (Å²) >= 11 is 0. The molecule has 0 radical (unpaired) electrons. The highest BCUT2D eigenvalue weighted by Crippen LogP contribution is 2.13. The molecule has 0 aliphatic carbocycles. The second-order valence-corrected chi connectivity index (χ2v) is 4.86. The minimum Gasteiger partial charge on any atom is -0.477 e. The van der Waals surface area contributed by atoms with Crippen molar-refractivity contribution < 1.29 is 9.90 Å². The third-order valence-corrected chi connectivity index (χ3v) is 2.63. The Hall–Kier alpha value is -2.44. The van der Waals surface area contributed by atoms with E-state index < -0.39 is 5.97 Å². The molecule has 0 amide bonds. The van der Waals surface area contributed by atoms with Crippen molar-refractivity contribution in [2.45, 2.75) is 20.4 Å². The number of aromatic nitrogens is 4. The van der Waals surface area contributed by atoms with Gasteiger partial charge in [-0.05, 0) is 12.0 Å². The summed E-state index contributed by atoms with van der Waals surface area (Å²) in [6.07, 6.45) is 4.89. The van der Waals surface area contributed by atoms with Gasteiger partial charge in [0.2, 0.25) is 5.95 Å². The molecule has 2 aromatic rings. The summed E-state index contributed by atoms with van der Waals surface area (Å²) in [6, 6.07) is 1.38. The predicted octanol–water partition coefficient (Wildman–Crippen LogP) is 1.56. The first-order chi connectivity index (χ1) is 9.56. The van der Waals surface area contributed by atoms with Crippen LogP contribution in [0, 0.1) is 5.92 Å². The van der Waals surface area contributed by atoms with Gasteiger partial charge < -0.3 is 15.0 Å². The average molecular weight is 275 g/mol. The Labute approximate surface area is 116 Å². The van der Waals surface area contributed by atoms with E-state index in [1.165, 1.54) is 12.3 Å². The van der Waals surface area contributed by atoms with Crippen molar-refractivity contribution in [3.63, 3.8) is 0 Å². The van der Waals surface area contributed by atoms with E-state index in [-0.39, 0.29) is 5.69 Å². The van der Waals surface area contributed by atoms with Crippen molar-refractivity contribution in [3.8, 4) is 0 Å². The maximum Gasteiger partial charge on any atom is 0.354 e. The van der Waals surface area contributed by atoms with E-state index in [1.54, 1.807) is 12.4 Å². The smallest absolute Gasteiger partial charge is 0.354 e. The standard InChI is InChI=1S/C13H17N5O2/c1-9(2)7-18(8-11-14-5-6-15-11)13-16-4-3-10(17-13)12(19)20/h3-6,9H,7-8H2,1-2H3,(H,14,15)(H,19,20). The van der Waals surface area contributed by atoms with Gasteiger partial charge in [0.1, 0.15) is 5.82 Å². The Bertz CT molecular complexity index is 568. The van der Waals surface area contributed by atoms with Gasteiger partial charge in [0.05, 0.1) is 6.54 Å². The molecule has 2 aromatic heterocycles. The predicted molar refractivity (Wildman–Crippen MR) is 73.5 cm³/mol. The number of rotatable bonds is 6. The minimum absolute atomic E-state index is 0.0109. The zero-order valence-corrected chi connectivity index (χ0v) is 11.4. The molecule has 0 unspecified atom stereocenters. The van der Waals surface area contributed by atoms with Crippen molar-refractivity contribution >= 4 is 11.9 Å². The summed E-state index contributed by atoms with van der Waals surface area (Å²) in [5, 5.41) is 9.00. The zero-order chi connectivity index (χ0) is 14.5. The Morgan fingerprint density at radius 2 is 2.20 bits per heavy atom. The number of anilines is 1. The number of aromatic amines is 1. The van der Waals surface area contributed by atoms with Crippen molar-refractivity contribution in [2.24, 2.45) is 5.92 Å². The number of imidazole rings is 1. The first-order valence-electron chi connectivity index (χ1n) is 6.36. The van der Waals surface area contributed by atoms with Crippen LogP contribution in [0.5, 0.6) is 0 Å². The third-order valence-electron chi connectivity index (χ3n) is 2.63. The van der Waals surface area contributed by atoms with Gasteiger partial charge >= 0.3 is 5.97 Å². The van der Waals surface area contributed by atoms with Crippen LogP contribution >= 0.6 is 0 Å². The van der Waals surface area contributed by atoms with Gasteiger partial charge in [0.25, 0.3) is 0 Å². The zero-order valence-electron chi connectivity index (χ0n) is 11.4. The number of aromatic carboxylic acids is 1. The summed E-state index contributed by atoms with van der Waals surface area (Å²) in [5.41, 5.74) is -0.0109. The number of nitrogens with zero attached hydrogens (tertiary/aromatic N) is 4. The maximum atomic E-state index is 11.0. The van der Waals surface area contributed by atoms with Gasteiger partial charge in [0.15, 0.2) is 5.69 Å². The molecule has 0 aromatic carbocycles. The Morgan fingerprint density at radius 3 is 2.80 bits per heavy atom.